The molecule has 0 heterocycles. The summed E-state index contributed by atoms with van der Waals surface area (Å²) < 4.78 is 6.26. The number of carbonyl (C=O) groups is 1. The lowest BCUT2D eigenvalue weighted by atomic mass is 9.51. The van der Waals surface area contributed by atoms with E-state index in [0.29, 0.717) is 23.1 Å². The van der Waals surface area contributed by atoms with Gasteiger partial charge in [-0.1, -0.05) is 18.6 Å². The number of ether oxygens (including phenoxy) is 1. The summed E-state index contributed by atoms with van der Waals surface area (Å²) in [7, 11) is 0. The van der Waals surface area contributed by atoms with Gasteiger partial charge in [0.1, 0.15) is 0 Å². The van der Waals surface area contributed by atoms with Gasteiger partial charge in [0.2, 0.25) is 5.91 Å². The number of nitrogens with one attached hydrogen (secondary N) is 1. The molecule has 1 aromatic carbocycles. The van der Waals surface area contributed by atoms with E-state index in [0.717, 1.165) is 13.0 Å². The van der Waals surface area contributed by atoms with Crippen LogP contribution in [0.15, 0.2) is 24.3 Å². The van der Waals surface area contributed by atoms with Crippen molar-refractivity contribution in [3.05, 3.63) is 35.4 Å². The van der Waals surface area contributed by atoms with Crippen LogP contribution in [0.2, 0.25) is 0 Å². The van der Waals surface area contributed by atoms with Gasteiger partial charge in [0.15, 0.2) is 0 Å². The second kappa shape index (κ2) is 5.91. The van der Waals surface area contributed by atoms with Crippen molar-refractivity contribution in [2.24, 2.45) is 11.1 Å². The molecule has 126 valence electrons. The number of benzene rings is 1. The largest absolute Gasteiger partial charge is 0.372 e. The third kappa shape index (κ3) is 3.29. The van der Waals surface area contributed by atoms with E-state index in [4.69, 9.17) is 10.5 Å². The number of nitrogens with two attached hydrogens (primary N) is 1. The summed E-state index contributed by atoms with van der Waals surface area (Å²) in [4.78, 5) is 11.1. The Morgan fingerprint density at radius 1 is 1.30 bits per heavy atom. The Morgan fingerprint density at radius 3 is 2.43 bits per heavy atom. The molecule has 3 N–H and O–H groups in total. The van der Waals surface area contributed by atoms with Gasteiger partial charge in [0.05, 0.1) is 11.7 Å². The molecular formula is C19H28N2O2. The predicted octanol–water partition coefficient (Wildman–Crippen LogP) is 3.00. The summed E-state index contributed by atoms with van der Waals surface area (Å²) in [6.07, 6.45) is 5.34. The number of amides is 1. The maximum atomic E-state index is 11.1. The first-order chi connectivity index (χ1) is 10.8. The molecule has 0 aromatic heterocycles. The topological polar surface area (TPSA) is 64.3 Å². The maximum Gasteiger partial charge on any atom is 0.248 e. The minimum Gasteiger partial charge on any atom is -0.372 e. The fourth-order valence-corrected chi connectivity index (χ4v) is 3.91. The van der Waals surface area contributed by atoms with E-state index in [1.54, 1.807) is 12.1 Å². The van der Waals surface area contributed by atoms with Crippen molar-refractivity contribution in [2.45, 2.75) is 70.7 Å². The number of hydrogen-bond acceptors (Lipinski definition) is 3. The maximum absolute atomic E-state index is 11.1. The minimum atomic E-state index is -0.376. The van der Waals surface area contributed by atoms with Gasteiger partial charge in [-0.3, -0.25) is 4.79 Å². The first-order valence-corrected chi connectivity index (χ1v) is 8.60. The predicted molar refractivity (Wildman–Crippen MR) is 91.1 cm³/mol. The minimum absolute atomic E-state index is 0.0666. The third-order valence-corrected chi connectivity index (χ3v) is 5.36. The van der Waals surface area contributed by atoms with Crippen LogP contribution < -0.4 is 11.1 Å². The average Bonchev–Trinajstić information content (AvgIpc) is 2.39. The Bertz CT molecular complexity index is 570. The van der Waals surface area contributed by atoms with Crippen LogP contribution >= 0.6 is 0 Å². The number of rotatable bonds is 5. The van der Waals surface area contributed by atoms with Crippen molar-refractivity contribution in [2.75, 3.05) is 0 Å². The zero-order chi connectivity index (χ0) is 16.7. The summed E-state index contributed by atoms with van der Waals surface area (Å²) in [5.41, 5.74) is 7.30. The molecule has 0 saturated heterocycles. The lowest BCUT2D eigenvalue weighted by Crippen LogP contribution is -2.67. The average molecular weight is 316 g/mol. The Morgan fingerprint density at radius 2 is 1.96 bits per heavy atom. The molecule has 0 radical (unpaired) electrons. The molecule has 2 fully saturated rings. The van der Waals surface area contributed by atoms with Crippen molar-refractivity contribution < 1.29 is 9.53 Å². The molecule has 1 amide bonds. The van der Waals surface area contributed by atoms with Crippen LogP contribution in [0.1, 0.15) is 62.4 Å². The molecule has 1 aromatic rings. The molecule has 3 rings (SSSR count). The summed E-state index contributed by atoms with van der Waals surface area (Å²) in [6.45, 7) is 7.24. The second-order valence-corrected chi connectivity index (χ2v) is 8.04. The van der Waals surface area contributed by atoms with Gasteiger partial charge >= 0.3 is 0 Å². The number of carbonyl (C=O) groups excluding carboxylic acids is 1. The number of primary amides is 1. The van der Waals surface area contributed by atoms with E-state index in [1.807, 2.05) is 12.1 Å². The van der Waals surface area contributed by atoms with Crippen LogP contribution in [0.4, 0.5) is 0 Å². The Hall–Kier alpha value is -1.39. The molecule has 0 aliphatic heterocycles. The summed E-state index contributed by atoms with van der Waals surface area (Å²) in [5, 5.41) is 3.70. The fourth-order valence-electron chi connectivity index (χ4n) is 3.91. The Kier molecular flexibility index (Phi) is 4.23. The summed E-state index contributed by atoms with van der Waals surface area (Å²) >= 11 is 0. The van der Waals surface area contributed by atoms with Gasteiger partial charge in [-0.2, -0.15) is 0 Å². The summed E-state index contributed by atoms with van der Waals surface area (Å²) in [5.74, 6) is -0.376. The molecular weight excluding hydrogens is 288 g/mol. The molecule has 2 aliphatic rings. The highest BCUT2D eigenvalue weighted by Gasteiger charge is 2.59. The molecule has 0 bridgehead atoms. The van der Waals surface area contributed by atoms with Crippen LogP contribution in [0, 0.1) is 5.41 Å². The first kappa shape index (κ1) is 16.5. The van der Waals surface area contributed by atoms with Gasteiger partial charge in [0, 0.05) is 23.6 Å². The molecule has 2 unspecified atom stereocenters. The SMILES string of the molecule is CC(C)(C)OC1CC(NCc2ccc(C(N)=O)cc2)C12CCC2. The molecule has 23 heavy (non-hydrogen) atoms. The zero-order valence-corrected chi connectivity index (χ0v) is 14.4. The van der Waals surface area contributed by atoms with Crippen molar-refractivity contribution in [3.8, 4) is 0 Å². The van der Waals surface area contributed by atoms with E-state index >= 15 is 0 Å². The van der Waals surface area contributed by atoms with E-state index in [1.165, 1.54) is 24.8 Å². The molecule has 2 atom stereocenters. The first-order valence-electron chi connectivity index (χ1n) is 8.60. The smallest absolute Gasteiger partial charge is 0.248 e. The highest BCUT2D eigenvalue weighted by Crippen LogP contribution is 2.58. The van der Waals surface area contributed by atoms with Crippen LogP contribution in [-0.2, 0) is 11.3 Å². The molecule has 4 nitrogen and oxygen atoms in total. The lowest BCUT2D eigenvalue weighted by molar-refractivity contribution is -0.215. The molecule has 1 spiro atoms. The standard InChI is InChI=1S/C19H28N2O2/c1-18(2,3)23-16-11-15(19(16)9-4-10-19)21-12-13-5-7-14(8-6-13)17(20)22/h5-8,15-16,21H,4,9-12H2,1-3H3,(H2,20,22). The molecule has 4 heteroatoms. The highest BCUT2D eigenvalue weighted by atomic mass is 16.5. The van der Waals surface area contributed by atoms with Gasteiger partial charge in [-0.15, -0.1) is 0 Å². The molecule has 2 saturated carbocycles. The van der Waals surface area contributed by atoms with Crippen LogP contribution in [0.5, 0.6) is 0 Å². The van der Waals surface area contributed by atoms with Crippen molar-refractivity contribution >= 4 is 5.91 Å². The van der Waals surface area contributed by atoms with Crippen molar-refractivity contribution in [3.63, 3.8) is 0 Å². The van der Waals surface area contributed by atoms with Crippen molar-refractivity contribution in [1.29, 1.82) is 0 Å². The van der Waals surface area contributed by atoms with E-state index in [9.17, 15) is 4.79 Å². The lowest BCUT2D eigenvalue weighted by Gasteiger charge is -2.62. The van der Waals surface area contributed by atoms with Gasteiger partial charge < -0.3 is 15.8 Å². The monoisotopic (exact) mass is 316 g/mol. The van der Waals surface area contributed by atoms with Crippen molar-refractivity contribution in [1.82, 2.24) is 5.32 Å². The Labute approximate surface area is 138 Å². The number of hydrogen-bond donors (Lipinski definition) is 2. The Balaban J connectivity index is 1.56. The van der Waals surface area contributed by atoms with E-state index in [-0.39, 0.29) is 11.5 Å². The van der Waals surface area contributed by atoms with Gasteiger partial charge in [-0.25, -0.2) is 0 Å². The third-order valence-electron chi connectivity index (χ3n) is 5.36. The van der Waals surface area contributed by atoms with Gasteiger partial charge in [-0.05, 0) is 57.7 Å². The highest BCUT2D eigenvalue weighted by molar-refractivity contribution is 5.92. The quantitative estimate of drug-likeness (QED) is 0.877. The van der Waals surface area contributed by atoms with E-state index < -0.39 is 0 Å². The normalized spacial score (nSPS) is 25.7. The van der Waals surface area contributed by atoms with Crippen LogP contribution in [0.25, 0.3) is 0 Å². The molecule has 2 aliphatic carbocycles. The van der Waals surface area contributed by atoms with E-state index in [2.05, 4.69) is 26.1 Å². The zero-order valence-electron chi connectivity index (χ0n) is 14.4. The fraction of sp³-hybridized carbons (Fsp3) is 0.632. The summed E-state index contributed by atoms with van der Waals surface area (Å²) in [6, 6.07) is 8.08. The van der Waals surface area contributed by atoms with Crippen LogP contribution in [-0.4, -0.2) is 23.7 Å². The van der Waals surface area contributed by atoms with Gasteiger partial charge in [0.25, 0.3) is 0 Å². The van der Waals surface area contributed by atoms with Crippen LogP contribution in [0.3, 0.4) is 0 Å². The second-order valence-electron chi connectivity index (χ2n) is 8.04.